The van der Waals surface area contributed by atoms with Gasteiger partial charge < -0.3 is 10.1 Å². The number of nitriles is 1. The second-order valence-corrected chi connectivity index (χ2v) is 7.28. The SMILES string of the molecule is C[C@@H]1CN(CC(=O)Nc2sc3c(c2C#N)CCC3)C[C@H](C)O1. The van der Waals surface area contributed by atoms with Crippen LogP contribution in [0.25, 0.3) is 0 Å². The number of rotatable bonds is 3. The summed E-state index contributed by atoms with van der Waals surface area (Å²) in [5.41, 5.74) is 1.82. The van der Waals surface area contributed by atoms with Crippen LogP contribution in [-0.4, -0.2) is 42.6 Å². The van der Waals surface area contributed by atoms with Crippen LogP contribution in [0.15, 0.2) is 0 Å². The molecule has 22 heavy (non-hydrogen) atoms. The lowest BCUT2D eigenvalue weighted by Gasteiger charge is -2.34. The summed E-state index contributed by atoms with van der Waals surface area (Å²) in [7, 11) is 0. The van der Waals surface area contributed by atoms with Crippen molar-refractivity contribution < 1.29 is 9.53 Å². The number of hydrogen-bond donors (Lipinski definition) is 1. The second kappa shape index (κ2) is 6.37. The number of morpholine rings is 1. The fraction of sp³-hybridized carbons (Fsp3) is 0.625. The number of carbonyl (C=O) groups excluding carboxylic acids is 1. The Bertz CT molecular complexity index is 610. The van der Waals surface area contributed by atoms with E-state index >= 15 is 0 Å². The van der Waals surface area contributed by atoms with Crippen molar-refractivity contribution in [1.29, 1.82) is 5.26 Å². The predicted molar refractivity (Wildman–Crippen MR) is 86.1 cm³/mol. The molecule has 6 heteroatoms. The van der Waals surface area contributed by atoms with Crippen molar-refractivity contribution in [3.63, 3.8) is 0 Å². The van der Waals surface area contributed by atoms with E-state index in [1.54, 1.807) is 11.3 Å². The van der Waals surface area contributed by atoms with Crippen LogP contribution >= 0.6 is 11.3 Å². The van der Waals surface area contributed by atoms with Crippen molar-refractivity contribution in [1.82, 2.24) is 4.90 Å². The van der Waals surface area contributed by atoms with Gasteiger partial charge in [-0.25, -0.2) is 0 Å². The van der Waals surface area contributed by atoms with Gasteiger partial charge in [0, 0.05) is 18.0 Å². The van der Waals surface area contributed by atoms with E-state index in [-0.39, 0.29) is 18.1 Å². The molecular formula is C16H21N3O2S. The lowest BCUT2D eigenvalue weighted by Crippen LogP contribution is -2.48. The highest BCUT2D eigenvalue weighted by molar-refractivity contribution is 7.16. The Labute approximate surface area is 134 Å². The van der Waals surface area contributed by atoms with Crippen LogP contribution in [0.2, 0.25) is 0 Å². The summed E-state index contributed by atoms with van der Waals surface area (Å²) in [6.45, 7) is 5.94. The lowest BCUT2D eigenvalue weighted by atomic mass is 10.1. The first-order valence-electron chi connectivity index (χ1n) is 7.79. The lowest BCUT2D eigenvalue weighted by molar-refractivity contribution is -0.121. The monoisotopic (exact) mass is 319 g/mol. The Morgan fingerprint density at radius 3 is 2.82 bits per heavy atom. The third-order valence-electron chi connectivity index (χ3n) is 4.15. The molecule has 0 saturated carbocycles. The van der Waals surface area contributed by atoms with Crippen LogP contribution in [0, 0.1) is 11.3 Å². The second-order valence-electron chi connectivity index (χ2n) is 6.17. The van der Waals surface area contributed by atoms with Gasteiger partial charge in [-0.05, 0) is 38.7 Å². The number of amides is 1. The fourth-order valence-corrected chi connectivity index (χ4v) is 4.65. The molecule has 1 aromatic heterocycles. The minimum atomic E-state index is -0.0438. The largest absolute Gasteiger partial charge is 0.373 e. The summed E-state index contributed by atoms with van der Waals surface area (Å²) in [5, 5.41) is 13.0. The fourth-order valence-electron chi connectivity index (χ4n) is 3.39. The molecular weight excluding hydrogens is 298 g/mol. The maximum absolute atomic E-state index is 12.3. The highest BCUT2D eigenvalue weighted by atomic mass is 32.1. The van der Waals surface area contributed by atoms with E-state index in [2.05, 4.69) is 16.3 Å². The Morgan fingerprint density at radius 2 is 2.14 bits per heavy atom. The highest BCUT2D eigenvalue weighted by Crippen LogP contribution is 2.38. The standard InChI is InChI=1S/C16H21N3O2S/c1-10-7-19(8-11(2)21-10)9-15(20)18-16-13(6-17)12-4-3-5-14(12)22-16/h10-11H,3-5,7-9H2,1-2H3,(H,18,20)/t10-,11+. The molecule has 0 unspecified atom stereocenters. The van der Waals surface area contributed by atoms with Gasteiger partial charge in [0.05, 0.1) is 24.3 Å². The van der Waals surface area contributed by atoms with E-state index in [9.17, 15) is 10.1 Å². The molecule has 118 valence electrons. The van der Waals surface area contributed by atoms with Gasteiger partial charge in [0.2, 0.25) is 5.91 Å². The molecule has 1 amide bonds. The number of aryl methyl sites for hydroxylation is 1. The summed E-state index contributed by atoms with van der Waals surface area (Å²) in [6.07, 6.45) is 3.41. The average molecular weight is 319 g/mol. The molecule has 2 aliphatic rings. The Morgan fingerprint density at radius 1 is 1.41 bits per heavy atom. The minimum Gasteiger partial charge on any atom is -0.373 e. The summed E-state index contributed by atoms with van der Waals surface area (Å²) >= 11 is 1.57. The van der Waals surface area contributed by atoms with Crippen molar-refractivity contribution >= 4 is 22.2 Å². The van der Waals surface area contributed by atoms with Crippen molar-refractivity contribution in [3.8, 4) is 6.07 Å². The number of anilines is 1. The molecule has 1 aliphatic heterocycles. The molecule has 1 N–H and O–H groups in total. The number of fused-ring (bicyclic) bond motifs is 1. The molecule has 1 aromatic rings. The van der Waals surface area contributed by atoms with Gasteiger partial charge in [-0.3, -0.25) is 9.69 Å². The zero-order chi connectivity index (χ0) is 15.7. The maximum atomic E-state index is 12.3. The molecule has 2 atom stereocenters. The van der Waals surface area contributed by atoms with Crippen LogP contribution in [0.5, 0.6) is 0 Å². The number of nitrogens with zero attached hydrogens (tertiary/aromatic N) is 2. The van der Waals surface area contributed by atoms with Gasteiger partial charge in [0.1, 0.15) is 11.1 Å². The molecule has 0 radical (unpaired) electrons. The summed E-state index contributed by atoms with van der Waals surface area (Å²) < 4.78 is 5.68. The first kappa shape index (κ1) is 15.5. The summed E-state index contributed by atoms with van der Waals surface area (Å²) in [4.78, 5) is 15.7. The van der Waals surface area contributed by atoms with Crippen LogP contribution in [-0.2, 0) is 22.4 Å². The molecule has 3 rings (SSSR count). The summed E-state index contributed by atoms with van der Waals surface area (Å²) in [5.74, 6) is -0.0438. The smallest absolute Gasteiger partial charge is 0.239 e. The molecule has 0 bridgehead atoms. The van der Waals surface area contributed by atoms with E-state index in [0.29, 0.717) is 12.1 Å². The van der Waals surface area contributed by atoms with Gasteiger partial charge in [-0.2, -0.15) is 5.26 Å². The quantitative estimate of drug-likeness (QED) is 0.927. The van der Waals surface area contributed by atoms with Crippen LogP contribution < -0.4 is 5.32 Å². The molecule has 5 nitrogen and oxygen atoms in total. The third-order valence-corrected chi connectivity index (χ3v) is 5.36. The first-order valence-corrected chi connectivity index (χ1v) is 8.60. The van der Waals surface area contributed by atoms with Crippen LogP contribution in [0.4, 0.5) is 5.00 Å². The van der Waals surface area contributed by atoms with Gasteiger partial charge in [-0.15, -0.1) is 11.3 Å². The van der Waals surface area contributed by atoms with Gasteiger partial charge in [0.15, 0.2) is 0 Å². The molecule has 2 heterocycles. The van der Waals surface area contributed by atoms with Gasteiger partial charge in [-0.1, -0.05) is 0 Å². The number of hydrogen-bond acceptors (Lipinski definition) is 5. The Balaban J connectivity index is 1.64. The Kier molecular flexibility index (Phi) is 4.48. The number of carbonyl (C=O) groups is 1. The Hall–Kier alpha value is -1.42. The molecule has 0 aromatic carbocycles. The maximum Gasteiger partial charge on any atom is 0.239 e. The van der Waals surface area contributed by atoms with E-state index in [4.69, 9.17) is 4.74 Å². The van der Waals surface area contributed by atoms with E-state index in [1.165, 1.54) is 4.88 Å². The molecule has 1 aliphatic carbocycles. The minimum absolute atomic E-state index is 0.0438. The van der Waals surface area contributed by atoms with Crippen molar-refractivity contribution in [2.75, 3.05) is 25.0 Å². The van der Waals surface area contributed by atoms with E-state index in [0.717, 1.165) is 42.9 Å². The number of nitrogens with one attached hydrogen (secondary N) is 1. The highest BCUT2D eigenvalue weighted by Gasteiger charge is 2.26. The van der Waals surface area contributed by atoms with Gasteiger partial charge >= 0.3 is 0 Å². The average Bonchev–Trinajstić information content (AvgIpc) is 2.97. The van der Waals surface area contributed by atoms with E-state index in [1.807, 2.05) is 13.8 Å². The number of thiophene rings is 1. The first-order chi connectivity index (χ1) is 10.6. The summed E-state index contributed by atoms with van der Waals surface area (Å²) in [6, 6.07) is 2.26. The van der Waals surface area contributed by atoms with Crippen molar-refractivity contribution in [3.05, 3.63) is 16.0 Å². The zero-order valence-corrected chi connectivity index (χ0v) is 13.8. The van der Waals surface area contributed by atoms with Crippen LogP contribution in [0.1, 0.15) is 36.3 Å². The number of ether oxygens (including phenoxy) is 1. The predicted octanol–water partition coefficient (Wildman–Crippen LogP) is 2.16. The topological polar surface area (TPSA) is 65.4 Å². The van der Waals surface area contributed by atoms with Crippen LogP contribution in [0.3, 0.4) is 0 Å². The third kappa shape index (κ3) is 3.17. The van der Waals surface area contributed by atoms with Gasteiger partial charge in [0.25, 0.3) is 0 Å². The van der Waals surface area contributed by atoms with E-state index < -0.39 is 0 Å². The molecule has 1 fully saturated rings. The molecule has 1 saturated heterocycles. The molecule has 0 spiro atoms. The van der Waals surface area contributed by atoms with Crippen molar-refractivity contribution in [2.45, 2.75) is 45.3 Å². The van der Waals surface area contributed by atoms with Crippen molar-refractivity contribution in [2.24, 2.45) is 0 Å². The zero-order valence-electron chi connectivity index (χ0n) is 13.0. The normalized spacial score (nSPS) is 24.8.